The lowest BCUT2D eigenvalue weighted by Crippen LogP contribution is -2.40. The topological polar surface area (TPSA) is 36.5 Å². The summed E-state index contributed by atoms with van der Waals surface area (Å²) in [7, 11) is 0. The van der Waals surface area contributed by atoms with Crippen LogP contribution in [0.15, 0.2) is 18.2 Å². The van der Waals surface area contributed by atoms with Gasteiger partial charge in [0, 0.05) is 19.6 Å². The van der Waals surface area contributed by atoms with Gasteiger partial charge in [-0.05, 0) is 49.8 Å². The predicted octanol–water partition coefficient (Wildman–Crippen LogP) is 2.21. The highest BCUT2D eigenvalue weighted by atomic mass is 32.1. The molecule has 1 heterocycles. The van der Waals surface area contributed by atoms with Gasteiger partial charge in [-0.1, -0.05) is 6.07 Å². The maximum Gasteiger partial charge on any atom is 0.166 e. The van der Waals surface area contributed by atoms with Crippen molar-refractivity contribution in [2.24, 2.45) is 0 Å². The van der Waals surface area contributed by atoms with Crippen LogP contribution in [0.5, 0.6) is 0 Å². The summed E-state index contributed by atoms with van der Waals surface area (Å²) in [5.41, 5.74) is 0.654. The summed E-state index contributed by atoms with van der Waals surface area (Å²) in [6.07, 6.45) is 0.987. The Morgan fingerprint density at radius 2 is 2.04 bits per heavy atom. The van der Waals surface area contributed by atoms with Crippen LogP contribution in [0.3, 0.4) is 0 Å². The number of rotatable bonds is 6. The number of halogens is 2. The zero-order valence-corrected chi connectivity index (χ0v) is 14.1. The van der Waals surface area contributed by atoms with E-state index in [4.69, 9.17) is 17.0 Å². The summed E-state index contributed by atoms with van der Waals surface area (Å²) < 4.78 is 31.5. The zero-order valence-electron chi connectivity index (χ0n) is 13.3. The third-order valence-electron chi connectivity index (χ3n) is 3.83. The molecule has 0 saturated carbocycles. The van der Waals surface area contributed by atoms with Crippen molar-refractivity contribution in [1.29, 1.82) is 0 Å². The molecule has 2 rings (SSSR count). The minimum Gasteiger partial charge on any atom is -0.379 e. The van der Waals surface area contributed by atoms with Crippen molar-refractivity contribution in [3.63, 3.8) is 0 Å². The van der Waals surface area contributed by atoms with Crippen molar-refractivity contribution in [3.8, 4) is 0 Å². The number of ether oxygens (including phenoxy) is 1. The Labute approximate surface area is 141 Å². The van der Waals surface area contributed by atoms with E-state index in [0.717, 1.165) is 51.9 Å². The molecule has 0 bridgehead atoms. The highest BCUT2D eigenvalue weighted by Crippen LogP contribution is 2.15. The Morgan fingerprint density at radius 1 is 1.30 bits per heavy atom. The lowest BCUT2D eigenvalue weighted by Gasteiger charge is -2.26. The summed E-state index contributed by atoms with van der Waals surface area (Å²) in [6.45, 7) is 7.21. The molecule has 1 saturated heterocycles. The summed E-state index contributed by atoms with van der Waals surface area (Å²) >= 11 is 5.24. The van der Waals surface area contributed by atoms with Gasteiger partial charge in [-0.15, -0.1) is 0 Å². The van der Waals surface area contributed by atoms with E-state index >= 15 is 0 Å². The maximum atomic E-state index is 13.2. The zero-order chi connectivity index (χ0) is 16.7. The van der Waals surface area contributed by atoms with Crippen LogP contribution in [-0.2, 0) is 4.74 Å². The Kier molecular flexibility index (Phi) is 7.14. The van der Waals surface area contributed by atoms with E-state index in [1.165, 1.54) is 6.07 Å². The van der Waals surface area contributed by atoms with Crippen LogP contribution in [0, 0.1) is 11.6 Å². The number of thiocarbonyl (C=S) groups is 1. The lowest BCUT2D eigenvalue weighted by molar-refractivity contribution is 0.0376. The van der Waals surface area contributed by atoms with Crippen molar-refractivity contribution in [2.75, 3.05) is 39.4 Å². The van der Waals surface area contributed by atoms with Gasteiger partial charge in [0.05, 0.1) is 19.3 Å². The third-order valence-corrected chi connectivity index (χ3v) is 4.09. The highest BCUT2D eigenvalue weighted by molar-refractivity contribution is 7.80. The smallest absolute Gasteiger partial charge is 0.166 e. The number of hydrogen-bond donors (Lipinski definition) is 2. The Balaban J connectivity index is 1.66. The number of nitrogens with zero attached hydrogens (tertiary/aromatic N) is 1. The second-order valence-corrected chi connectivity index (χ2v) is 6.01. The van der Waals surface area contributed by atoms with E-state index in [1.807, 2.05) is 6.92 Å². The van der Waals surface area contributed by atoms with Crippen LogP contribution in [0.4, 0.5) is 8.78 Å². The van der Waals surface area contributed by atoms with E-state index < -0.39 is 11.6 Å². The average Bonchev–Trinajstić information content (AvgIpc) is 2.55. The van der Waals surface area contributed by atoms with Crippen molar-refractivity contribution < 1.29 is 13.5 Å². The Hall–Kier alpha value is -1.31. The van der Waals surface area contributed by atoms with E-state index in [9.17, 15) is 8.78 Å². The molecule has 1 fully saturated rings. The molecule has 0 amide bonds. The SMILES string of the molecule is C[C@@H](NC(=S)NCCCN1CCOCC1)c1ccc(F)c(F)c1. The first-order chi connectivity index (χ1) is 11.1. The molecule has 7 heteroatoms. The molecule has 0 aromatic heterocycles. The van der Waals surface area contributed by atoms with Gasteiger partial charge < -0.3 is 15.4 Å². The molecule has 1 aromatic carbocycles. The summed E-state index contributed by atoms with van der Waals surface area (Å²) in [6, 6.07) is 3.68. The number of nitrogens with one attached hydrogen (secondary N) is 2. The molecular formula is C16H23F2N3OS. The van der Waals surface area contributed by atoms with Crippen molar-refractivity contribution in [1.82, 2.24) is 15.5 Å². The molecular weight excluding hydrogens is 320 g/mol. The van der Waals surface area contributed by atoms with Gasteiger partial charge in [0.15, 0.2) is 16.7 Å². The number of morpholine rings is 1. The summed E-state index contributed by atoms with van der Waals surface area (Å²) in [4.78, 5) is 2.37. The third kappa shape index (κ3) is 6.01. The van der Waals surface area contributed by atoms with Crippen LogP contribution in [0.1, 0.15) is 24.9 Å². The van der Waals surface area contributed by atoms with Crippen LogP contribution in [0.2, 0.25) is 0 Å². The average molecular weight is 343 g/mol. The molecule has 0 radical (unpaired) electrons. The molecule has 1 aliphatic rings. The minimum atomic E-state index is -0.847. The molecule has 4 nitrogen and oxygen atoms in total. The molecule has 0 spiro atoms. The predicted molar refractivity (Wildman–Crippen MR) is 90.4 cm³/mol. The van der Waals surface area contributed by atoms with Gasteiger partial charge in [0.1, 0.15) is 0 Å². The Bertz CT molecular complexity index is 524. The van der Waals surface area contributed by atoms with E-state index in [1.54, 1.807) is 6.07 Å². The first-order valence-corrected chi connectivity index (χ1v) is 8.26. The molecule has 128 valence electrons. The fourth-order valence-electron chi connectivity index (χ4n) is 2.44. The summed E-state index contributed by atoms with van der Waals surface area (Å²) in [5, 5.41) is 6.74. The van der Waals surface area contributed by atoms with Crippen LogP contribution >= 0.6 is 12.2 Å². The molecule has 1 aliphatic heterocycles. The van der Waals surface area contributed by atoms with Crippen molar-refractivity contribution in [2.45, 2.75) is 19.4 Å². The first-order valence-electron chi connectivity index (χ1n) is 7.85. The fraction of sp³-hybridized carbons (Fsp3) is 0.562. The van der Waals surface area contributed by atoms with Crippen LogP contribution in [0.25, 0.3) is 0 Å². The van der Waals surface area contributed by atoms with Gasteiger partial charge in [-0.25, -0.2) is 8.78 Å². The minimum absolute atomic E-state index is 0.190. The van der Waals surface area contributed by atoms with Gasteiger partial charge >= 0.3 is 0 Å². The largest absolute Gasteiger partial charge is 0.379 e. The lowest BCUT2D eigenvalue weighted by atomic mass is 10.1. The second-order valence-electron chi connectivity index (χ2n) is 5.60. The van der Waals surface area contributed by atoms with E-state index in [0.29, 0.717) is 10.7 Å². The van der Waals surface area contributed by atoms with Gasteiger partial charge in [-0.3, -0.25) is 4.90 Å². The normalized spacial score (nSPS) is 16.8. The molecule has 2 N–H and O–H groups in total. The van der Waals surface area contributed by atoms with Gasteiger partial charge in [0.25, 0.3) is 0 Å². The fourth-order valence-corrected chi connectivity index (χ4v) is 2.72. The highest BCUT2D eigenvalue weighted by Gasteiger charge is 2.11. The number of hydrogen-bond acceptors (Lipinski definition) is 3. The van der Waals surface area contributed by atoms with Gasteiger partial charge in [0.2, 0.25) is 0 Å². The molecule has 1 aromatic rings. The molecule has 1 atom stereocenters. The quantitative estimate of drug-likeness (QED) is 0.612. The van der Waals surface area contributed by atoms with Crippen LogP contribution < -0.4 is 10.6 Å². The maximum absolute atomic E-state index is 13.2. The standard InChI is InChI=1S/C16H23F2N3OS/c1-12(13-3-4-14(17)15(18)11-13)20-16(23)19-5-2-6-21-7-9-22-10-8-21/h3-4,11-12H,2,5-10H2,1H3,(H2,19,20,23)/t12-/m1/s1. The molecule has 23 heavy (non-hydrogen) atoms. The van der Waals surface area contributed by atoms with Gasteiger partial charge in [-0.2, -0.15) is 0 Å². The Morgan fingerprint density at radius 3 is 2.74 bits per heavy atom. The first kappa shape index (κ1) is 18.0. The second kappa shape index (κ2) is 9.10. The van der Waals surface area contributed by atoms with E-state index in [2.05, 4.69) is 15.5 Å². The summed E-state index contributed by atoms with van der Waals surface area (Å²) in [5.74, 6) is -1.69. The van der Waals surface area contributed by atoms with Crippen LogP contribution in [-0.4, -0.2) is 49.4 Å². The van der Waals surface area contributed by atoms with E-state index in [-0.39, 0.29) is 6.04 Å². The van der Waals surface area contributed by atoms with Crippen molar-refractivity contribution >= 4 is 17.3 Å². The number of benzene rings is 1. The molecule has 0 aliphatic carbocycles. The van der Waals surface area contributed by atoms with Crippen molar-refractivity contribution in [3.05, 3.63) is 35.4 Å². The molecule has 0 unspecified atom stereocenters. The monoisotopic (exact) mass is 343 g/mol.